The fourth-order valence-corrected chi connectivity index (χ4v) is 4.53. The zero-order valence-corrected chi connectivity index (χ0v) is 23.1. The van der Waals surface area contributed by atoms with Gasteiger partial charge in [0.1, 0.15) is 11.5 Å². The minimum atomic E-state index is -2.12. The van der Waals surface area contributed by atoms with Gasteiger partial charge in [0.25, 0.3) is 11.8 Å². The maximum absolute atomic E-state index is 14.6. The maximum atomic E-state index is 14.6. The Kier molecular flexibility index (Phi) is 7.36. The Hall–Kier alpha value is -4.92. The summed E-state index contributed by atoms with van der Waals surface area (Å²) in [5.74, 6) is -1.01. The lowest BCUT2D eigenvalue weighted by atomic mass is 10.0. The highest BCUT2D eigenvalue weighted by Gasteiger charge is 2.31. The molecule has 1 unspecified atom stereocenters. The number of rotatable bonds is 7. The van der Waals surface area contributed by atoms with Crippen LogP contribution in [-0.2, 0) is 4.79 Å². The number of imidazole rings is 1. The molecule has 2 N–H and O–H groups in total. The number of halogens is 2. The molecule has 2 heterocycles. The summed E-state index contributed by atoms with van der Waals surface area (Å²) in [7, 11) is 1.46. The van der Waals surface area contributed by atoms with E-state index in [1.807, 2.05) is 30.3 Å². The molecule has 5 rings (SSSR count). The molecule has 0 saturated carbocycles. The quantitative estimate of drug-likeness (QED) is 0.237. The van der Waals surface area contributed by atoms with Gasteiger partial charge in [0.2, 0.25) is 0 Å². The van der Waals surface area contributed by atoms with Gasteiger partial charge < -0.3 is 15.2 Å². The maximum Gasteiger partial charge on any atom is 0.263 e. The van der Waals surface area contributed by atoms with Gasteiger partial charge in [-0.15, -0.1) is 0 Å². The molecule has 0 bridgehead atoms. The van der Waals surface area contributed by atoms with E-state index in [4.69, 9.17) is 0 Å². The molecule has 7 nitrogen and oxygen atoms in total. The molecular formula is C32H29F2N5O2. The molecule has 0 saturated heterocycles. The number of fused-ring (bicyclic) bond motifs is 1. The van der Waals surface area contributed by atoms with Crippen molar-refractivity contribution in [1.29, 1.82) is 0 Å². The fourth-order valence-electron chi connectivity index (χ4n) is 4.53. The third-order valence-corrected chi connectivity index (χ3v) is 6.86. The molecule has 9 heteroatoms. The lowest BCUT2D eigenvalue weighted by molar-refractivity contribution is -0.127. The molecule has 0 aliphatic carbocycles. The Morgan fingerprint density at radius 3 is 2.37 bits per heavy atom. The van der Waals surface area contributed by atoms with Gasteiger partial charge in [-0.2, -0.15) is 0 Å². The minimum absolute atomic E-state index is 0.253. The van der Waals surface area contributed by atoms with E-state index in [0.29, 0.717) is 28.5 Å². The van der Waals surface area contributed by atoms with Crippen LogP contribution in [0.25, 0.3) is 33.5 Å². The van der Waals surface area contributed by atoms with E-state index in [-0.39, 0.29) is 11.4 Å². The molecule has 0 radical (unpaired) electrons. The fraction of sp³-hybridized carbons (Fsp3) is 0.188. The number of aromatic nitrogens is 3. The van der Waals surface area contributed by atoms with Crippen molar-refractivity contribution in [3.63, 3.8) is 0 Å². The summed E-state index contributed by atoms with van der Waals surface area (Å²) in [6.07, 6.45) is 3.40. The van der Waals surface area contributed by atoms with Gasteiger partial charge in [0.15, 0.2) is 11.5 Å². The highest BCUT2D eigenvalue weighted by molar-refractivity contribution is 6.02. The number of pyridine rings is 1. The van der Waals surface area contributed by atoms with Crippen molar-refractivity contribution in [2.45, 2.75) is 32.5 Å². The molecule has 1 atom stereocenters. The number of nitrogens with one attached hydrogen (secondary N) is 2. The number of nitrogens with zero attached hydrogens (tertiary/aromatic N) is 3. The molecule has 3 aromatic carbocycles. The second-order valence-electron chi connectivity index (χ2n) is 10.4. The Bertz CT molecular complexity index is 1740. The highest BCUT2D eigenvalue weighted by atomic mass is 19.1. The number of aromatic amines is 1. The van der Waals surface area contributed by atoms with Gasteiger partial charge in [-0.1, -0.05) is 36.4 Å². The molecule has 0 aliphatic heterocycles. The van der Waals surface area contributed by atoms with Crippen LogP contribution in [0.2, 0.25) is 0 Å². The summed E-state index contributed by atoms with van der Waals surface area (Å²) >= 11 is 0. The number of amides is 2. The lowest BCUT2D eigenvalue weighted by Crippen LogP contribution is -2.40. The van der Waals surface area contributed by atoms with Crippen molar-refractivity contribution in [2.75, 3.05) is 11.9 Å². The summed E-state index contributed by atoms with van der Waals surface area (Å²) in [4.78, 5) is 39.6. The average molecular weight is 554 g/mol. The molecule has 5 aromatic rings. The Labute approximate surface area is 236 Å². The van der Waals surface area contributed by atoms with E-state index >= 15 is 0 Å². The van der Waals surface area contributed by atoms with Crippen LogP contribution in [0.1, 0.15) is 42.7 Å². The first kappa shape index (κ1) is 27.6. The van der Waals surface area contributed by atoms with E-state index in [0.717, 1.165) is 16.3 Å². The number of hydrogen-bond donors (Lipinski definition) is 2. The Morgan fingerprint density at radius 2 is 1.66 bits per heavy atom. The van der Waals surface area contributed by atoms with Gasteiger partial charge in [0, 0.05) is 35.4 Å². The van der Waals surface area contributed by atoms with Crippen LogP contribution in [0, 0.1) is 5.82 Å². The van der Waals surface area contributed by atoms with Crippen molar-refractivity contribution >= 4 is 28.3 Å². The topological polar surface area (TPSA) is 91.0 Å². The molecule has 41 heavy (non-hydrogen) atoms. The second-order valence-corrected chi connectivity index (χ2v) is 10.4. The summed E-state index contributed by atoms with van der Waals surface area (Å²) in [5, 5.41) is 4.93. The van der Waals surface area contributed by atoms with E-state index in [1.165, 1.54) is 44.0 Å². The van der Waals surface area contributed by atoms with Crippen LogP contribution in [-0.4, -0.2) is 39.5 Å². The largest absolute Gasteiger partial charge is 0.346 e. The standard InChI is InChI=1S/C32H29F2N5O2/c1-19(20-9-11-25(33)12-10-20)37-30(40)24-13-23(14-26(15-24)39(4)31(41)32(2,3)34)28-18-36-29(38-28)27-16-21-7-5-6-8-22(21)17-35-27/h5-19H,1-4H3,(H,36,38)(H,37,40). The number of carbonyl (C=O) groups is 2. The van der Waals surface area contributed by atoms with Crippen molar-refractivity contribution in [3.8, 4) is 22.8 Å². The third kappa shape index (κ3) is 5.99. The summed E-state index contributed by atoms with van der Waals surface area (Å²) < 4.78 is 27.9. The van der Waals surface area contributed by atoms with Gasteiger partial charge in [-0.05, 0) is 68.1 Å². The van der Waals surface area contributed by atoms with Crippen LogP contribution in [0.3, 0.4) is 0 Å². The van der Waals surface area contributed by atoms with E-state index < -0.39 is 23.5 Å². The number of carbonyl (C=O) groups excluding carboxylic acids is 2. The summed E-state index contributed by atoms with van der Waals surface area (Å²) in [6, 6.07) is 20.1. The van der Waals surface area contributed by atoms with E-state index in [2.05, 4.69) is 20.3 Å². The van der Waals surface area contributed by atoms with Crippen LogP contribution < -0.4 is 10.2 Å². The zero-order chi connectivity index (χ0) is 29.3. The highest BCUT2D eigenvalue weighted by Crippen LogP contribution is 2.30. The average Bonchev–Trinajstić information content (AvgIpc) is 3.46. The predicted octanol–water partition coefficient (Wildman–Crippen LogP) is 6.63. The number of H-pyrrole nitrogens is 1. The van der Waals surface area contributed by atoms with Crippen molar-refractivity contribution in [2.24, 2.45) is 0 Å². The smallest absolute Gasteiger partial charge is 0.263 e. The molecule has 0 aliphatic rings. The second kappa shape index (κ2) is 10.9. The van der Waals surface area contributed by atoms with Gasteiger partial charge in [-0.3, -0.25) is 14.6 Å². The van der Waals surface area contributed by atoms with Gasteiger partial charge >= 0.3 is 0 Å². The van der Waals surface area contributed by atoms with Crippen molar-refractivity contribution < 1.29 is 18.4 Å². The number of hydrogen-bond acceptors (Lipinski definition) is 4. The van der Waals surface area contributed by atoms with Crippen LogP contribution >= 0.6 is 0 Å². The number of alkyl halides is 1. The van der Waals surface area contributed by atoms with E-state index in [1.54, 1.807) is 43.6 Å². The van der Waals surface area contributed by atoms with Crippen LogP contribution in [0.5, 0.6) is 0 Å². The Morgan fingerprint density at radius 1 is 0.951 bits per heavy atom. The summed E-state index contributed by atoms with van der Waals surface area (Å²) in [6.45, 7) is 4.16. The first-order chi connectivity index (χ1) is 19.5. The molecule has 208 valence electrons. The normalized spacial score (nSPS) is 12.2. The molecule has 0 fully saturated rings. The van der Waals surface area contributed by atoms with Crippen molar-refractivity contribution in [3.05, 3.63) is 102 Å². The van der Waals surface area contributed by atoms with Gasteiger partial charge in [-0.25, -0.2) is 13.8 Å². The first-order valence-electron chi connectivity index (χ1n) is 13.1. The first-order valence-corrected chi connectivity index (χ1v) is 13.1. The molecule has 2 aromatic heterocycles. The van der Waals surface area contributed by atoms with Crippen LogP contribution in [0.15, 0.2) is 85.2 Å². The summed E-state index contributed by atoms with van der Waals surface area (Å²) in [5.41, 5.74) is 0.983. The van der Waals surface area contributed by atoms with Crippen molar-refractivity contribution in [1.82, 2.24) is 20.3 Å². The number of benzene rings is 3. The predicted molar refractivity (Wildman–Crippen MR) is 156 cm³/mol. The lowest BCUT2D eigenvalue weighted by Gasteiger charge is -2.24. The molecule has 2 amide bonds. The SMILES string of the molecule is CC(NC(=O)c1cc(-c2cnc(-c3cc4ccccc4cn3)[nH]2)cc(N(C)C(=O)C(C)(C)F)c1)c1ccc(F)cc1. The molecular weight excluding hydrogens is 524 g/mol. The minimum Gasteiger partial charge on any atom is -0.346 e. The number of anilines is 1. The zero-order valence-electron chi connectivity index (χ0n) is 23.1. The third-order valence-electron chi connectivity index (χ3n) is 6.86. The molecule has 0 spiro atoms. The Balaban J connectivity index is 1.51. The van der Waals surface area contributed by atoms with Gasteiger partial charge in [0.05, 0.1) is 17.9 Å². The monoisotopic (exact) mass is 553 g/mol. The van der Waals surface area contributed by atoms with E-state index in [9.17, 15) is 18.4 Å². The van der Waals surface area contributed by atoms with Crippen LogP contribution in [0.4, 0.5) is 14.5 Å².